The van der Waals surface area contributed by atoms with Crippen molar-refractivity contribution in [3.63, 3.8) is 0 Å². The molecule has 4 aliphatic rings. The van der Waals surface area contributed by atoms with Crippen LogP contribution in [-0.2, 0) is 15.3 Å². The molecule has 5 rings (SSSR count). The highest BCUT2D eigenvalue weighted by atomic mass is 32.2. The summed E-state index contributed by atoms with van der Waals surface area (Å²) in [6.07, 6.45) is 5.80. The van der Waals surface area contributed by atoms with E-state index in [0.29, 0.717) is 17.2 Å². The first-order valence-corrected chi connectivity index (χ1v) is 12.9. The van der Waals surface area contributed by atoms with E-state index in [-0.39, 0.29) is 17.7 Å². The second-order valence-corrected chi connectivity index (χ2v) is 12.6. The average Bonchev–Trinajstić information content (AvgIpc) is 3.22. The molecule has 0 radical (unpaired) electrons. The normalized spacial score (nSPS) is 36.1. The van der Waals surface area contributed by atoms with E-state index in [1.807, 2.05) is 24.3 Å². The molecule has 1 aromatic rings. The number of hydrogen-bond acceptors (Lipinski definition) is 5. The lowest BCUT2D eigenvalue weighted by molar-refractivity contribution is -0.0792. The summed E-state index contributed by atoms with van der Waals surface area (Å²) in [6.45, 7) is 6.04. The third kappa shape index (κ3) is 2.42. The Labute approximate surface area is 180 Å². The van der Waals surface area contributed by atoms with Crippen molar-refractivity contribution in [2.75, 3.05) is 25.4 Å². The van der Waals surface area contributed by atoms with Crippen LogP contribution in [0.25, 0.3) is 6.08 Å². The van der Waals surface area contributed by atoms with Crippen molar-refractivity contribution in [2.24, 2.45) is 22.5 Å². The van der Waals surface area contributed by atoms with Gasteiger partial charge in [0, 0.05) is 17.4 Å². The number of aliphatic hydroxyl groups is 1. The Morgan fingerprint density at radius 3 is 2.53 bits per heavy atom. The maximum atomic E-state index is 14.2. The molecule has 2 bridgehead atoms. The highest BCUT2D eigenvalue weighted by molar-refractivity contribution is 7.95. The molecular weight excluding hydrogens is 396 g/mol. The molecule has 0 amide bonds. The van der Waals surface area contributed by atoms with Crippen LogP contribution < -0.4 is 11.1 Å². The number of piperidine rings is 1. The summed E-state index contributed by atoms with van der Waals surface area (Å²) in [7, 11) is -3.60. The molecule has 3 aliphatic carbocycles. The topological polar surface area (TPSA) is 92.4 Å². The van der Waals surface area contributed by atoms with Gasteiger partial charge in [-0.15, -0.1) is 0 Å². The fourth-order valence-electron chi connectivity index (χ4n) is 7.59. The van der Waals surface area contributed by atoms with Crippen molar-refractivity contribution < 1.29 is 13.5 Å². The van der Waals surface area contributed by atoms with Crippen molar-refractivity contribution in [3.05, 3.63) is 40.3 Å². The minimum absolute atomic E-state index is 0.00774. The Morgan fingerprint density at radius 2 is 1.87 bits per heavy atom. The Bertz CT molecular complexity index is 1010. The first-order valence-electron chi connectivity index (χ1n) is 11.3. The lowest BCUT2D eigenvalue weighted by atomic mass is 9.64. The fraction of sp³-hybridized carbons (Fsp3) is 0.667. The van der Waals surface area contributed by atoms with Gasteiger partial charge in [-0.3, -0.25) is 0 Å². The van der Waals surface area contributed by atoms with Crippen LogP contribution in [0.4, 0.5) is 0 Å². The van der Waals surface area contributed by atoms with E-state index in [1.165, 1.54) is 0 Å². The standard InChI is InChI=1S/C24H34N2O3S/c1-21(2)18-7-8-23(21,24(27,14-18)15-25)16-30(28,29)20-13-17-5-3-4-6-19(17)22(20)9-11-26-12-10-22/h3-6,13,18,26-27H,7-12,14-16,25H2,1-2H3. The van der Waals surface area contributed by atoms with Crippen LogP contribution in [0.2, 0.25) is 0 Å². The summed E-state index contributed by atoms with van der Waals surface area (Å²) in [6, 6.07) is 8.12. The maximum Gasteiger partial charge on any atom is 0.176 e. The zero-order valence-corrected chi connectivity index (χ0v) is 18.9. The van der Waals surface area contributed by atoms with Gasteiger partial charge in [-0.05, 0) is 73.7 Å². The van der Waals surface area contributed by atoms with E-state index >= 15 is 0 Å². The van der Waals surface area contributed by atoms with E-state index in [1.54, 1.807) is 0 Å². The van der Waals surface area contributed by atoms with Gasteiger partial charge in [0.05, 0.1) is 16.3 Å². The summed E-state index contributed by atoms with van der Waals surface area (Å²) in [5.41, 5.74) is 5.75. The van der Waals surface area contributed by atoms with Gasteiger partial charge < -0.3 is 16.2 Å². The van der Waals surface area contributed by atoms with Crippen LogP contribution in [0, 0.1) is 16.7 Å². The SMILES string of the molecule is CC1(C)C2CCC1(CS(=O)(=O)C1=Cc3ccccc3C13CCNCC3)C(O)(CN)C2. The molecule has 4 N–H and O–H groups in total. The molecule has 3 fully saturated rings. The maximum absolute atomic E-state index is 14.2. The molecule has 1 spiro atoms. The number of allylic oxidation sites excluding steroid dienone is 1. The fourth-order valence-corrected chi connectivity index (χ4v) is 10.4. The van der Waals surface area contributed by atoms with Crippen molar-refractivity contribution >= 4 is 15.9 Å². The third-order valence-electron chi connectivity index (χ3n) is 9.45. The van der Waals surface area contributed by atoms with E-state index in [4.69, 9.17) is 5.73 Å². The Morgan fingerprint density at radius 1 is 1.17 bits per heavy atom. The molecule has 164 valence electrons. The quantitative estimate of drug-likeness (QED) is 0.683. The summed E-state index contributed by atoms with van der Waals surface area (Å²) >= 11 is 0. The Hall–Kier alpha value is -1.21. The van der Waals surface area contributed by atoms with Gasteiger partial charge in [-0.1, -0.05) is 38.1 Å². The molecule has 0 aromatic heterocycles. The number of rotatable bonds is 4. The second kappa shape index (κ2) is 6.41. The number of sulfone groups is 1. The predicted octanol–water partition coefficient (Wildman–Crippen LogP) is 2.59. The van der Waals surface area contributed by atoms with Crippen LogP contribution in [-0.4, -0.2) is 44.5 Å². The highest BCUT2D eigenvalue weighted by Gasteiger charge is 2.71. The second-order valence-electron chi connectivity index (χ2n) is 10.7. The zero-order chi connectivity index (χ0) is 21.4. The van der Waals surface area contributed by atoms with Crippen molar-refractivity contribution in [3.8, 4) is 0 Å². The van der Waals surface area contributed by atoms with E-state index in [9.17, 15) is 13.5 Å². The molecule has 1 aliphatic heterocycles. The van der Waals surface area contributed by atoms with Crippen LogP contribution in [0.1, 0.15) is 57.1 Å². The summed E-state index contributed by atoms with van der Waals surface area (Å²) in [5.74, 6) is 0.315. The van der Waals surface area contributed by atoms with Crippen LogP contribution in [0.3, 0.4) is 0 Å². The van der Waals surface area contributed by atoms with Gasteiger partial charge in [0.15, 0.2) is 9.84 Å². The van der Waals surface area contributed by atoms with E-state index in [0.717, 1.165) is 49.9 Å². The Kier molecular flexibility index (Phi) is 4.42. The van der Waals surface area contributed by atoms with Gasteiger partial charge in [0.1, 0.15) is 0 Å². The lowest BCUT2D eigenvalue weighted by Crippen LogP contribution is -2.57. The molecular formula is C24H34N2O3S. The first-order chi connectivity index (χ1) is 14.1. The highest BCUT2D eigenvalue weighted by Crippen LogP contribution is 2.70. The first kappa shape index (κ1) is 20.7. The minimum atomic E-state index is -3.60. The summed E-state index contributed by atoms with van der Waals surface area (Å²) in [4.78, 5) is 0.567. The molecule has 1 heterocycles. The summed E-state index contributed by atoms with van der Waals surface area (Å²) < 4.78 is 28.3. The molecule has 5 nitrogen and oxygen atoms in total. The van der Waals surface area contributed by atoms with Crippen LogP contribution >= 0.6 is 0 Å². The van der Waals surface area contributed by atoms with Crippen LogP contribution in [0.15, 0.2) is 29.2 Å². The van der Waals surface area contributed by atoms with E-state index in [2.05, 4.69) is 25.2 Å². The number of nitrogens with two attached hydrogens (primary N) is 1. The van der Waals surface area contributed by atoms with Crippen molar-refractivity contribution in [1.82, 2.24) is 5.32 Å². The average molecular weight is 431 g/mol. The van der Waals surface area contributed by atoms with Crippen molar-refractivity contribution in [2.45, 2.75) is 57.0 Å². The third-order valence-corrected chi connectivity index (χ3v) is 11.5. The smallest absolute Gasteiger partial charge is 0.176 e. The Balaban J connectivity index is 1.61. The van der Waals surface area contributed by atoms with Gasteiger partial charge >= 0.3 is 0 Å². The number of fused-ring (bicyclic) bond motifs is 4. The summed E-state index contributed by atoms with van der Waals surface area (Å²) in [5, 5.41) is 14.9. The van der Waals surface area contributed by atoms with Gasteiger partial charge in [0.2, 0.25) is 0 Å². The number of hydrogen-bond donors (Lipinski definition) is 3. The van der Waals surface area contributed by atoms with Gasteiger partial charge in [-0.25, -0.2) is 8.42 Å². The molecule has 1 saturated heterocycles. The molecule has 2 saturated carbocycles. The molecule has 6 heteroatoms. The largest absolute Gasteiger partial charge is 0.388 e. The molecule has 1 aromatic carbocycles. The predicted molar refractivity (Wildman–Crippen MR) is 120 cm³/mol. The van der Waals surface area contributed by atoms with E-state index < -0.39 is 26.3 Å². The van der Waals surface area contributed by atoms with Gasteiger partial charge in [0.25, 0.3) is 0 Å². The van der Waals surface area contributed by atoms with Crippen LogP contribution in [0.5, 0.6) is 0 Å². The lowest BCUT2D eigenvalue weighted by Gasteiger charge is -2.48. The number of nitrogens with one attached hydrogen (secondary N) is 1. The van der Waals surface area contributed by atoms with Crippen molar-refractivity contribution in [1.29, 1.82) is 0 Å². The molecule has 30 heavy (non-hydrogen) atoms. The molecule has 3 atom stereocenters. The minimum Gasteiger partial charge on any atom is -0.388 e. The molecule has 3 unspecified atom stereocenters. The van der Waals surface area contributed by atoms with Gasteiger partial charge in [-0.2, -0.15) is 0 Å². The number of benzene rings is 1. The monoisotopic (exact) mass is 430 g/mol. The zero-order valence-electron chi connectivity index (χ0n) is 18.1.